The maximum absolute atomic E-state index is 4.36. The molecule has 0 aliphatic rings. The fourth-order valence-corrected chi connectivity index (χ4v) is 1.80. The van der Waals surface area contributed by atoms with Crippen LogP contribution in [0.5, 0.6) is 0 Å². The van der Waals surface area contributed by atoms with Gasteiger partial charge in [0.1, 0.15) is 0 Å². The van der Waals surface area contributed by atoms with Crippen molar-refractivity contribution in [3.05, 3.63) is 41.0 Å². The molecule has 4 heteroatoms. The number of aromatic nitrogens is 3. The summed E-state index contributed by atoms with van der Waals surface area (Å²) in [5, 5.41) is 0. The summed E-state index contributed by atoms with van der Waals surface area (Å²) in [6.07, 6.45) is 3.53. The highest BCUT2D eigenvalue weighted by Crippen LogP contribution is 2.22. The molecule has 2 rings (SSSR count). The second-order valence-corrected chi connectivity index (χ2v) is 4.55. The molecule has 0 aliphatic carbocycles. The van der Waals surface area contributed by atoms with Crippen LogP contribution in [0.3, 0.4) is 0 Å². The Kier molecular flexibility index (Phi) is 3.29. The second kappa shape index (κ2) is 4.70. The minimum Gasteiger partial charge on any atom is -0.265 e. The third-order valence-corrected chi connectivity index (χ3v) is 2.64. The van der Waals surface area contributed by atoms with Crippen LogP contribution in [0, 0.1) is 0 Å². The van der Waals surface area contributed by atoms with Crippen molar-refractivity contribution in [2.24, 2.45) is 0 Å². The van der Waals surface area contributed by atoms with Gasteiger partial charge in [0.05, 0.1) is 5.69 Å². The van der Waals surface area contributed by atoms with E-state index in [-0.39, 0.29) is 0 Å². The molecule has 2 heterocycles. The topological polar surface area (TPSA) is 38.7 Å². The summed E-state index contributed by atoms with van der Waals surface area (Å²) in [7, 11) is 0. The number of rotatable bonds is 2. The van der Waals surface area contributed by atoms with E-state index in [1.165, 1.54) is 0 Å². The standard InChI is InChI=1S/C12H12BrN3/c1-8(2)10-7-11(16-12(13)15-10)9-3-5-14-6-4-9/h3-8H,1-2H3. The highest BCUT2D eigenvalue weighted by molar-refractivity contribution is 9.10. The number of hydrogen-bond donors (Lipinski definition) is 0. The predicted octanol–water partition coefficient (Wildman–Crippen LogP) is 3.42. The minimum atomic E-state index is 0.389. The summed E-state index contributed by atoms with van der Waals surface area (Å²) in [5.41, 5.74) is 3.02. The highest BCUT2D eigenvalue weighted by atomic mass is 79.9. The lowest BCUT2D eigenvalue weighted by Crippen LogP contribution is -1.97. The van der Waals surface area contributed by atoms with Crippen molar-refractivity contribution in [2.45, 2.75) is 19.8 Å². The van der Waals surface area contributed by atoms with Crippen LogP contribution < -0.4 is 0 Å². The summed E-state index contributed by atoms with van der Waals surface area (Å²) in [6, 6.07) is 5.91. The molecule has 0 saturated heterocycles. The molecular weight excluding hydrogens is 266 g/mol. The third kappa shape index (κ3) is 2.44. The lowest BCUT2D eigenvalue weighted by atomic mass is 10.1. The molecule has 2 aromatic rings. The summed E-state index contributed by atoms with van der Waals surface area (Å²) >= 11 is 3.34. The average molecular weight is 278 g/mol. The molecule has 0 atom stereocenters. The molecule has 0 radical (unpaired) electrons. The largest absolute Gasteiger partial charge is 0.265 e. The Morgan fingerprint density at radius 1 is 1.12 bits per heavy atom. The van der Waals surface area contributed by atoms with Crippen LogP contribution in [-0.2, 0) is 0 Å². The molecular formula is C12H12BrN3. The Morgan fingerprint density at radius 2 is 1.81 bits per heavy atom. The number of pyridine rings is 1. The highest BCUT2D eigenvalue weighted by Gasteiger charge is 2.07. The number of hydrogen-bond acceptors (Lipinski definition) is 3. The monoisotopic (exact) mass is 277 g/mol. The number of nitrogens with zero attached hydrogens (tertiary/aromatic N) is 3. The Bertz CT molecular complexity index is 483. The summed E-state index contributed by atoms with van der Waals surface area (Å²) < 4.78 is 0.630. The van der Waals surface area contributed by atoms with Crippen molar-refractivity contribution in [2.75, 3.05) is 0 Å². The molecule has 0 fully saturated rings. The first kappa shape index (κ1) is 11.2. The van der Waals surface area contributed by atoms with Gasteiger partial charge >= 0.3 is 0 Å². The van der Waals surface area contributed by atoms with Gasteiger partial charge in [-0.05, 0) is 40.0 Å². The third-order valence-electron chi connectivity index (χ3n) is 2.29. The molecule has 0 N–H and O–H groups in total. The Hall–Kier alpha value is -1.29. The fourth-order valence-electron chi connectivity index (χ4n) is 1.40. The molecule has 0 saturated carbocycles. The van der Waals surface area contributed by atoms with Gasteiger partial charge in [0, 0.05) is 23.7 Å². The SMILES string of the molecule is CC(C)c1cc(-c2ccncc2)nc(Br)n1. The molecule has 2 aromatic heterocycles. The fraction of sp³-hybridized carbons (Fsp3) is 0.250. The first-order chi connectivity index (χ1) is 7.66. The van der Waals surface area contributed by atoms with E-state index < -0.39 is 0 Å². The molecule has 0 unspecified atom stereocenters. The van der Waals surface area contributed by atoms with E-state index in [0.29, 0.717) is 10.7 Å². The van der Waals surface area contributed by atoms with E-state index in [1.54, 1.807) is 12.4 Å². The van der Waals surface area contributed by atoms with Gasteiger partial charge in [-0.2, -0.15) is 0 Å². The van der Waals surface area contributed by atoms with Crippen molar-refractivity contribution in [1.82, 2.24) is 15.0 Å². The van der Waals surface area contributed by atoms with Crippen LogP contribution in [0.4, 0.5) is 0 Å². The smallest absolute Gasteiger partial charge is 0.197 e. The maximum atomic E-state index is 4.36. The summed E-state index contributed by atoms with van der Waals surface area (Å²) in [6.45, 7) is 4.23. The first-order valence-corrected chi connectivity index (χ1v) is 5.91. The van der Waals surface area contributed by atoms with Gasteiger partial charge in [0.15, 0.2) is 4.73 Å². The lowest BCUT2D eigenvalue weighted by molar-refractivity contribution is 0.808. The van der Waals surface area contributed by atoms with Crippen molar-refractivity contribution in [3.63, 3.8) is 0 Å². The van der Waals surface area contributed by atoms with E-state index in [2.05, 4.69) is 44.7 Å². The normalized spacial score (nSPS) is 10.8. The van der Waals surface area contributed by atoms with E-state index in [1.807, 2.05) is 18.2 Å². The van der Waals surface area contributed by atoms with Gasteiger partial charge in [-0.25, -0.2) is 9.97 Å². The van der Waals surface area contributed by atoms with Crippen LogP contribution >= 0.6 is 15.9 Å². The minimum absolute atomic E-state index is 0.389. The second-order valence-electron chi connectivity index (χ2n) is 3.84. The van der Waals surface area contributed by atoms with Crippen LogP contribution in [0.2, 0.25) is 0 Å². The van der Waals surface area contributed by atoms with Crippen molar-refractivity contribution in [1.29, 1.82) is 0 Å². The van der Waals surface area contributed by atoms with E-state index in [9.17, 15) is 0 Å². The zero-order valence-electron chi connectivity index (χ0n) is 9.18. The Labute approximate surface area is 103 Å². The van der Waals surface area contributed by atoms with Gasteiger partial charge in [-0.15, -0.1) is 0 Å². The van der Waals surface area contributed by atoms with Gasteiger partial charge in [-0.1, -0.05) is 13.8 Å². The summed E-state index contributed by atoms with van der Waals surface area (Å²) in [4.78, 5) is 12.7. The lowest BCUT2D eigenvalue weighted by Gasteiger charge is -2.07. The van der Waals surface area contributed by atoms with Gasteiger partial charge in [0.25, 0.3) is 0 Å². The first-order valence-electron chi connectivity index (χ1n) is 5.11. The van der Waals surface area contributed by atoms with E-state index in [0.717, 1.165) is 17.0 Å². The van der Waals surface area contributed by atoms with Crippen LogP contribution in [-0.4, -0.2) is 15.0 Å². The van der Waals surface area contributed by atoms with Crippen molar-refractivity contribution in [3.8, 4) is 11.3 Å². The molecule has 0 aromatic carbocycles. The van der Waals surface area contributed by atoms with Crippen molar-refractivity contribution < 1.29 is 0 Å². The van der Waals surface area contributed by atoms with Gasteiger partial charge in [-0.3, -0.25) is 4.98 Å². The molecule has 3 nitrogen and oxygen atoms in total. The van der Waals surface area contributed by atoms with Crippen molar-refractivity contribution >= 4 is 15.9 Å². The van der Waals surface area contributed by atoms with Crippen LogP contribution in [0.1, 0.15) is 25.5 Å². The molecule has 0 bridgehead atoms. The Morgan fingerprint density at radius 3 is 2.44 bits per heavy atom. The van der Waals surface area contributed by atoms with Gasteiger partial charge in [0.2, 0.25) is 0 Å². The van der Waals surface area contributed by atoms with Crippen LogP contribution in [0.25, 0.3) is 11.3 Å². The van der Waals surface area contributed by atoms with E-state index in [4.69, 9.17) is 0 Å². The summed E-state index contributed by atoms with van der Waals surface area (Å²) in [5.74, 6) is 0.389. The predicted molar refractivity (Wildman–Crippen MR) is 67.1 cm³/mol. The van der Waals surface area contributed by atoms with Gasteiger partial charge < -0.3 is 0 Å². The molecule has 82 valence electrons. The number of halogens is 1. The zero-order valence-corrected chi connectivity index (χ0v) is 10.8. The maximum Gasteiger partial charge on any atom is 0.197 e. The zero-order chi connectivity index (χ0) is 11.5. The molecule has 0 amide bonds. The molecule has 0 aliphatic heterocycles. The van der Waals surface area contributed by atoms with Crippen LogP contribution in [0.15, 0.2) is 35.3 Å². The van der Waals surface area contributed by atoms with E-state index >= 15 is 0 Å². The average Bonchev–Trinajstić information content (AvgIpc) is 2.29. The molecule has 0 spiro atoms. The molecule has 16 heavy (non-hydrogen) atoms. The Balaban J connectivity index is 2.50. The quantitative estimate of drug-likeness (QED) is 0.790.